The van der Waals surface area contributed by atoms with Gasteiger partial charge < -0.3 is 9.26 Å². The molecule has 30 heavy (non-hydrogen) atoms. The monoisotopic (exact) mass is 426 g/mol. The number of rotatable bonds is 6. The van der Waals surface area contributed by atoms with Gasteiger partial charge in [0.05, 0.1) is 4.90 Å². The van der Waals surface area contributed by atoms with Crippen LogP contribution in [-0.4, -0.2) is 36.4 Å². The van der Waals surface area contributed by atoms with Crippen LogP contribution < -0.4 is 0 Å². The number of carbonyl (C=O) groups excluding carboxylic acids is 1. The smallest absolute Gasteiger partial charge is 0.324 e. The normalized spacial score (nSPS) is 17.5. The van der Waals surface area contributed by atoms with Gasteiger partial charge >= 0.3 is 5.97 Å². The minimum absolute atomic E-state index is 0.103. The fourth-order valence-electron chi connectivity index (χ4n) is 3.52. The maximum atomic E-state index is 13.0. The summed E-state index contributed by atoms with van der Waals surface area (Å²) in [6, 6.07) is 18.5. The molecule has 1 unspecified atom stereocenters. The first-order valence-electron chi connectivity index (χ1n) is 9.80. The van der Waals surface area contributed by atoms with E-state index >= 15 is 0 Å². The number of sulfonamides is 1. The van der Waals surface area contributed by atoms with Crippen LogP contribution in [0.5, 0.6) is 0 Å². The second kappa shape index (κ2) is 8.81. The van der Waals surface area contributed by atoms with Crippen molar-refractivity contribution >= 4 is 16.0 Å². The SMILES string of the molecule is O=C(OCc1cc(-c2ccccc2)no1)C1CCCCN1S(=O)(=O)c1ccccc1. The first-order chi connectivity index (χ1) is 14.6. The fourth-order valence-corrected chi connectivity index (χ4v) is 5.19. The molecule has 8 heteroatoms. The van der Waals surface area contributed by atoms with Crippen molar-refractivity contribution in [2.45, 2.75) is 36.8 Å². The van der Waals surface area contributed by atoms with Gasteiger partial charge in [0.2, 0.25) is 10.0 Å². The van der Waals surface area contributed by atoms with E-state index in [2.05, 4.69) is 5.16 Å². The van der Waals surface area contributed by atoms with Gasteiger partial charge in [0.1, 0.15) is 11.7 Å². The van der Waals surface area contributed by atoms with Crippen molar-refractivity contribution in [1.29, 1.82) is 0 Å². The number of ether oxygens (including phenoxy) is 1. The number of benzene rings is 2. The fraction of sp³-hybridized carbons (Fsp3) is 0.273. The molecule has 4 rings (SSSR count). The number of piperidine rings is 1. The van der Waals surface area contributed by atoms with E-state index in [1.54, 1.807) is 24.3 Å². The summed E-state index contributed by atoms with van der Waals surface area (Å²) in [6.07, 6.45) is 1.90. The molecule has 2 aromatic carbocycles. The molecule has 1 aliphatic rings. The third-order valence-corrected chi connectivity index (χ3v) is 6.98. The van der Waals surface area contributed by atoms with Crippen molar-refractivity contribution in [1.82, 2.24) is 9.46 Å². The second-order valence-corrected chi connectivity index (χ2v) is 8.98. The Morgan fingerprint density at radius 2 is 1.77 bits per heavy atom. The van der Waals surface area contributed by atoms with Crippen molar-refractivity contribution in [3.8, 4) is 11.3 Å². The maximum Gasteiger partial charge on any atom is 0.324 e. The molecule has 0 bridgehead atoms. The van der Waals surface area contributed by atoms with Gasteiger partial charge in [-0.2, -0.15) is 4.31 Å². The lowest BCUT2D eigenvalue weighted by Crippen LogP contribution is -2.48. The van der Waals surface area contributed by atoms with E-state index < -0.39 is 22.0 Å². The zero-order valence-corrected chi connectivity index (χ0v) is 17.1. The minimum Gasteiger partial charge on any atom is -0.456 e. The van der Waals surface area contributed by atoms with Crippen LogP contribution in [0.1, 0.15) is 25.0 Å². The summed E-state index contributed by atoms with van der Waals surface area (Å²) in [5, 5.41) is 4.00. The van der Waals surface area contributed by atoms with Gasteiger partial charge in [0.15, 0.2) is 12.4 Å². The standard InChI is InChI=1S/C22H22N2O5S/c25-22(28-16-18-15-20(23-29-18)17-9-3-1-4-10-17)21-13-7-8-14-24(21)30(26,27)19-11-5-2-6-12-19/h1-6,9-12,15,21H,7-8,13-14,16H2. The van der Waals surface area contributed by atoms with Crippen molar-refractivity contribution in [2.24, 2.45) is 0 Å². The highest BCUT2D eigenvalue weighted by atomic mass is 32.2. The lowest BCUT2D eigenvalue weighted by Gasteiger charge is -2.32. The number of hydrogen-bond donors (Lipinski definition) is 0. The van der Waals surface area contributed by atoms with E-state index in [0.717, 1.165) is 12.0 Å². The molecule has 0 N–H and O–H groups in total. The molecule has 0 saturated carbocycles. The van der Waals surface area contributed by atoms with Crippen LogP contribution in [0, 0.1) is 0 Å². The highest BCUT2D eigenvalue weighted by Crippen LogP contribution is 2.26. The van der Waals surface area contributed by atoms with Gasteiger partial charge in [0.25, 0.3) is 0 Å². The van der Waals surface area contributed by atoms with Crippen LogP contribution in [0.3, 0.4) is 0 Å². The van der Waals surface area contributed by atoms with Crippen LogP contribution in [0.15, 0.2) is 76.1 Å². The Bertz CT molecular complexity index is 1100. The van der Waals surface area contributed by atoms with Gasteiger partial charge in [-0.05, 0) is 31.4 Å². The number of nitrogens with zero attached hydrogens (tertiary/aromatic N) is 2. The molecule has 0 spiro atoms. The number of hydrogen-bond acceptors (Lipinski definition) is 6. The first kappa shape index (κ1) is 20.3. The summed E-state index contributed by atoms with van der Waals surface area (Å²) >= 11 is 0. The topological polar surface area (TPSA) is 89.7 Å². The number of esters is 1. The predicted molar refractivity (Wildman–Crippen MR) is 110 cm³/mol. The molecule has 1 fully saturated rings. The molecule has 1 aliphatic heterocycles. The molecule has 1 atom stereocenters. The molecular weight excluding hydrogens is 404 g/mol. The molecule has 1 saturated heterocycles. The largest absolute Gasteiger partial charge is 0.456 e. The van der Waals surface area contributed by atoms with E-state index in [-0.39, 0.29) is 18.0 Å². The predicted octanol–water partition coefficient (Wildman–Crippen LogP) is 3.63. The third-order valence-electron chi connectivity index (χ3n) is 5.06. The lowest BCUT2D eigenvalue weighted by molar-refractivity contribution is -0.151. The highest BCUT2D eigenvalue weighted by Gasteiger charge is 2.38. The third kappa shape index (κ3) is 4.29. The molecule has 156 valence electrons. The summed E-state index contributed by atoms with van der Waals surface area (Å²) in [6.45, 7) is 0.186. The van der Waals surface area contributed by atoms with Gasteiger partial charge in [-0.25, -0.2) is 8.42 Å². The first-order valence-corrected chi connectivity index (χ1v) is 11.2. The Labute approximate surface area is 175 Å². The van der Waals surface area contributed by atoms with Crippen LogP contribution in [0.4, 0.5) is 0 Å². The zero-order chi connectivity index (χ0) is 21.0. The van der Waals surface area contributed by atoms with Crippen LogP contribution in [-0.2, 0) is 26.2 Å². The molecule has 3 aromatic rings. The molecule has 7 nitrogen and oxygen atoms in total. The molecule has 0 radical (unpaired) electrons. The molecular formula is C22H22N2O5S. The Morgan fingerprint density at radius 1 is 1.07 bits per heavy atom. The number of carbonyl (C=O) groups is 1. The van der Waals surface area contributed by atoms with E-state index in [9.17, 15) is 13.2 Å². The highest BCUT2D eigenvalue weighted by molar-refractivity contribution is 7.89. The molecule has 2 heterocycles. The van der Waals surface area contributed by atoms with Gasteiger partial charge in [0, 0.05) is 18.2 Å². The van der Waals surface area contributed by atoms with Crippen molar-refractivity contribution in [3.05, 3.63) is 72.5 Å². The van der Waals surface area contributed by atoms with E-state index in [4.69, 9.17) is 9.26 Å². The second-order valence-electron chi connectivity index (χ2n) is 7.09. The summed E-state index contributed by atoms with van der Waals surface area (Å²) in [5.41, 5.74) is 1.54. The number of aromatic nitrogens is 1. The Hall–Kier alpha value is -2.97. The van der Waals surface area contributed by atoms with Crippen molar-refractivity contribution in [3.63, 3.8) is 0 Å². The van der Waals surface area contributed by atoms with Crippen LogP contribution >= 0.6 is 0 Å². The van der Waals surface area contributed by atoms with E-state index in [0.29, 0.717) is 24.3 Å². The van der Waals surface area contributed by atoms with Gasteiger partial charge in [-0.1, -0.05) is 53.7 Å². The zero-order valence-electron chi connectivity index (χ0n) is 16.3. The quantitative estimate of drug-likeness (QED) is 0.559. The van der Waals surface area contributed by atoms with Crippen molar-refractivity contribution in [2.75, 3.05) is 6.54 Å². The molecule has 1 aromatic heterocycles. The Morgan fingerprint density at radius 3 is 2.50 bits per heavy atom. The molecule has 0 amide bonds. The minimum atomic E-state index is -3.77. The van der Waals surface area contributed by atoms with Gasteiger partial charge in [-0.15, -0.1) is 0 Å². The summed E-state index contributed by atoms with van der Waals surface area (Å²) in [5.74, 6) is -0.178. The summed E-state index contributed by atoms with van der Waals surface area (Å²) < 4.78 is 38.0. The summed E-state index contributed by atoms with van der Waals surface area (Å²) in [7, 11) is -3.77. The maximum absolute atomic E-state index is 13.0. The van der Waals surface area contributed by atoms with Gasteiger partial charge in [-0.3, -0.25) is 4.79 Å². The lowest BCUT2D eigenvalue weighted by atomic mass is 10.1. The van der Waals surface area contributed by atoms with Crippen LogP contribution in [0.2, 0.25) is 0 Å². The average molecular weight is 426 g/mol. The van der Waals surface area contributed by atoms with Crippen molar-refractivity contribution < 1.29 is 22.5 Å². The average Bonchev–Trinajstić information content (AvgIpc) is 3.28. The Kier molecular flexibility index (Phi) is 5.96. The summed E-state index contributed by atoms with van der Waals surface area (Å²) in [4.78, 5) is 12.9. The van der Waals surface area contributed by atoms with E-state index in [1.807, 2.05) is 30.3 Å². The van der Waals surface area contributed by atoms with E-state index in [1.165, 1.54) is 16.4 Å². The Balaban J connectivity index is 1.45. The van der Waals surface area contributed by atoms with Crippen LogP contribution in [0.25, 0.3) is 11.3 Å². The molecule has 0 aliphatic carbocycles.